The average molecular weight is 430 g/mol. The van der Waals surface area contributed by atoms with E-state index in [1.54, 1.807) is 12.1 Å². The molecule has 29 heavy (non-hydrogen) atoms. The summed E-state index contributed by atoms with van der Waals surface area (Å²) in [6.07, 6.45) is 0.713. The highest BCUT2D eigenvalue weighted by Crippen LogP contribution is 2.41. The van der Waals surface area contributed by atoms with E-state index in [2.05, 4.69) is 0 Å². The molecule has 3 rings (SSSR count). The highest BCUT2D eigenvalue weighted by atomic mass is 35.5. The summed E-state index contributed by atoms with van der Waals surface area (Å²) in [7, 11) is 0. The van der Waals surface area contributed by atoms with Crippen LogP contribution in [-0.2, 0) is 4.79 Å². The number of benzene rings is 2. The van der Waals surface area contributed by atoms with E-state index in [1.165, 1.54) is 0 Å². The maximum Gasteiger partial charge on any atom is 0.311 e. The minimum Gasteiger partial charge on any atom is -0.506 e. The zero-order valence-electron chi connectivity index (χ0n) is 16.9. The van der Waals surface area contributed by atoms with Crippen molar-refractivity contribution in [1.29, 1.82) is 0 Å². The van der Waals surface area contributed by atoms with Crippen molar-refractivity contribution in [2.24, 2.45) is 5.92 Å². The number of aryl methyl sites for hydroxylation is 1. The molecule has 2 atom stereocenters. The first-order valence-electron chi connectivity index (χ1n) is 9.54. The van der Waals surface area contributed by atoms with Crippen LogP contribution in [0.25, 0.3) is 10.9 Å². The number of phenolic OH excluding ortho intramolecular Hbond substituents is 1. The monoisotopic (exact) mass is 429 g/mol. The number of hydrogen-bond acceptors (Lipinski definition) is 3. The molecule has 0 radical (unpaired) electrons. The lowest BCUT2D eigenvalue weighted by Crippen LogP contribution is -2.21. The van der Waals surface area contributed by atoms with E-state index in [0.29, 0.717) is 27.9 Å². The molecule has 0 fully saturated rings. The minimum absolute atomic E-state index is 0.0767. The number of carboxylic acids is 1. The quantitative estimate of drug-likeness (QED) is 0.484. The van der Waals surface area contributed by atoms with E-state index in [0.717, 1.165) is 16.8 Å². The van der Waals surface area contributed by atoms with Gasteiger partial charge in [-0.3, -0.25) is 4.79 Å². The number of aromatic hydroxyl groups is 1. The topological polar surface area (TPSA) is 62.5 Å². The van der Waals surface area contributed by atoms with Gasteiger partial charge in [0.2, 0.25) is 0 Å². The number of thiocarbonyl (C=S) groups is 1. The molecule has 1 unspecified atom stereocenters. The van der Waals surface area contributed by atoms with Gasteiger partial charge in [0, 0.05) is 16.6 Å². The summed E-state index contributed by atoms with van der Waals surface area (Å²) in [6.45, 7) is 7.78. The summed E-state index contributed by atoms with van der Waals surface area (Å²) in [5.74, 6) is -1.77. The van der Waals surface area contributed by atoms with Crippen LogP contribution < -0.4 is 0 Å². The van der Waals surface area contributed by atoms with Gasteiger partial charge >= 0.3 is 5.97 Å². The molecule has 0 aliphatic heterocycles. The molecule has 2 aromatic carbocycles. The van der Waals surface area contributed by atoms with Crippen molar-refractivity contribution < 1.29 is 15.0 Å². The third-order valence-corrected chi connectivity index (χ3v) is 6.33. The van der Waals surface area contributed by atoms with Gasteiger partial charge in [0.15, 0.2) is 0 Å². The van der Waals surface area contributed by atoms with Crippen LogP contribution in [0, 0.1) is 19.8 Å². The van der Waals surface area contributed by atoms with Gasteiger partial charge in [-0.15, -0.1) is 0 Å². The summed E-state index contributed by atoms with van der Waals surface area (Å²) in [6, 6.07) is 11.1. The molecule has 1 aromatic heterocycles. The zero-order valence-corrected chi connectivity index (χ0v) is 18.4. The van der Waals surface area contributed by atoms with Crippen molar-refractivity contribution in [3.05, 3.63) is 63.8 Å². The Morgan fingerprint density at radius 2 is 1.83 bits per heavy atom. The first-order chi connectivity index (χ1) is 13.7. The van der Waals surface area contributed by atoms with E-state index in [4.69, 9.17) is 23.8 Å². The highest BCUT2D eigenvalue weighted by Gasteiger charge is 2.32. The van der Waals surface area contributed by atoms with Crippen molar-refractivity contribution in [1.82, 2.24) is 4.57 Å². The summed E-state index contributed by atoms with van der Waals surface area (Å²) < 4.78 is 1.87. The third-order valence-electron chi connectivity index (χ3n) is 5.61. The second-order valence-corrected chi connectivity index (χ2v) is 8.32. The van der Waals surface area contributed by atoms with Crippen LogP contribution in [0.3, 0.4) is 0 Å². The number of fused-ring (bicyclic) bond motifs is 1. The van der Waals surface area contributed by atoms with Crippen LogP contribution in [0.5, 0.6) is 5.75 Å². The van der Waals surface area contributed by atoms with Crippen LogP contribution in [0.4, 0.5) is 0 Å². The number of carbonyl (C=O) groups is 1. The Labute approximate surface area is 180 Å². The SMILES string of the molecule is CCC(C)[C@@H](C(=O)O)c1c(C)n(C(=S)c2ccc(C)cc2)c2cc(Cl)c(O)cc12. The fourth-order valence-electron chi connectivity index (χ4n) is 3.81. The molecular weight excluding hydrogens is 406 g/mol. The predicted octanol–water partition coefficient (Wildman–Crippen LogP) is 6.06. The largest absolute Gasteiger partial charge is 0.506 e. The van der Waals surface area contributed by atoms with Crippen LogP contribution in [0.15, 0.2) is 36.4 Å². The fourth-order valence-corrected chi connectivity index (χ4v) is 4.34. The van der Waals surface area contributed by atoms with Gasteiger partial charge in [-0.2, -0.15) is 0 Å². The molecule has 6 heteroatoms. The third kappa shape index (κ3) is 3.77. The van der Waals surface area contributed by atoms with Gasteiger partial charge in [0.25, 0.3) is 0 Å². The Bertz CT molecular complexity index is 1100. The molecule has 3 aromatic rings. The Morgan fingerprint density at radius 3 is 2.38 bits per heavy atom. The number of nitrogens with zero attached hydrogens (tertiary/aromatic N) is 1. The lowest BCUT2D eigenvalue weighted by molar-refractivity contribution is -0.140. The molecule has 0 aliphatic carbocycles. The Balaban J connectivity index is 2.35. The van der Waals surface area contributed by atoms with Crippen LogP contribution in [-0.4, -0.2) is 25.7 Å². The molecule has 2 N–H and O–H groups in total. The van der Waals surface area contributed by atoms with Crippen LogP contribution in [0.1, 0.15) is 48.6 Å². The maximum atomic E-state index is 12.2. The van der Waals surface area contributed by atoms with Gasteiger partial charge < -0.3 is 14.8 Å². The predicted molar refractivity (Wildman–Crippen MR) is 121 cm³/mol. The van der Waals surface area contributed by atoms with Gasteiger partial charge in [0.1, 0.15) is 10.7 Å². The Morgan fingerprint density at radius 1 is 1.21 bits per heavy atom. The van der Waals surface area contributed by atoms with E-state index in [9.17, 15) is 15.0 Å². The number of rotatable bonds is 5. The number of aliphatic carboxylic acids is 1. The molecule has 0 amide bonds. The number of halogens is 1. The standard InChI is InChI=1S/C23H24ClNO3S/c1-5-13(3)20(23(27)28)21-14(4)25(18-11-17(24)19(26)10-16(18)21)22(29)15-8-6-12(2)7-9-15/h6-11,13,20,26H,5H2,1-4H3,(H,27,28)/t13?,20-/m1/s1. The van der Waals surface area contributed by atoms with Crippen molar-refractivity contribution in [3.8, 4) is 5.75 Å². The molecule has 1 heterocycles. The second-order valence-electron chi connectivity index (χ2n) is 7.53. The Hall–Kier alpha value is -2.37. The molecule has 0 saturated carbocycles. The number of phenols is 1. The normalized spacial score (nSPS) is 13.4. The smallest absolute Gasteiger partial charge is 0.311 e. The summed E-state index contributed by atoms with van der Waals surface area (Å²) in [4.78, 5) is 12.8. The first kappa shape index (κ1) is 21.3. The number of carboxylic acid groups (broad SMARTS) is 1. The summed E-state index contributed by atoms with van der Waals surface area (Å²) >= 11 is 12.0. The van der Waals surface area contributed by atoms with E-state index < -0.39 is 11.9 Å². The molecular formula is C23H24ClNO3S. The highest BCUT2D eigenvalue weighted by molar-refractivity contribution is 7.80. The van der Waals surface area contributed by atoms with Crippen LogP contribution >= 0.6 is 23.8 Å². The van der Waals surface area contributed by atoms with E-state index in [1.807, 2.05) is 56.5 Å². The molecule has 4 nitrogen and oxygen atoms in total. The van der Waals surface area contributed by atoms with Gasteiger partial charge in [-0.05, 0) is 37.5 Å². The van der Waals surface area contributed by atoms with Crippen LogP contribution in [0.2, 0.25) is 5.02 Å². The van der Waals surface area contributed by atoms with Crippen molar-refractivity contribution >= 4 is 45.7 Å². The van der Waals surface area contributed by atoms with Crippen molar-refractivity contribution in [3.63, 3.8) is 0 Å². The first-order valence-corrected chi connectivity index (χ1v) is 10.3. The van der Waals surface area contributed by atoms with Crippen molar-refractivity contribution in [2.75, 3.05) is 0 Å². The molecule has 0 aliphatic rings. The number of aromatic nitrogens is 1. The fraction of sp³-hybridized carbons (Fsp3) is 0.304. The summed E-state index contributed by atoms with van der Waals surface area (Å²) in [5.41, 5.74) is 4.10. The molecule has 0 bridgehead atoms. The van der Waals surface area contributed by atoms with E-state index >= 15 is 0 Å². The van der Waals surface area contributed by atoms with Crippen molar-refractivity contribution in [2.45, 2.75) is 40.0 Å². The lowest BCUT2D eigenvalue weighted by Gasteiger charge is -2.20. The molecule has 152 valence electrons. The molecule has 0 saturated heterocycles. The number of hydrogen-bond donors (Lipinski definition) is 2. The maximum absolute atomic E-state index is 12.2. The van der Waals surface area contributed by atoms with Gasteiger partial charge in [-0.25, -0.2) is 0 Å². The average Bonchev–Trinajstić information content (AvgIpc) is 2.93. The van der Waals surface area contributed by atoms with E-state index in [-0.39, 0.29) is 16.7 Å². The zero-order chi connectivity index (χ0) is 21.5. The summed E-state index contributed by atoms with van der Waals surface area (Å²) in [5, 5.41) is 21.1. The molecule has 0 spiro atoms. The minimum atomic E-state index is -0.891. The van der Waals surface area contributed by atoms with Gasteiger partial charge in [-0.1, -0.05) is 73.9 Å². The van der Waals surface area contributed by atoms with Gasteiger partial charge in [0.05, 0.1) is 16.5 Å². The lowest BCUT2D eigenvalue weighted by atomic mass is 9.84. The second kappa shape index (κ2) is 8.17. The Kier molecular flexibility index (Phi) is 6.01.